The summed E-state index contributed by atoms with van der Waals surface area (Å²) < 4.78 is 2.22. The zero-order valence-corrected chi connectivity index (χ0v) is 14.2. The molecule has 0 atom stereocenters. The Balaban J connectivity index is 1.47. The number of hydrogen-bond donors (Lipinski definition) is 1. The van der Waals surface area contributed by atoms with E-state index in [0.29, 0.717) is 0 Å². The third-order valence-electron chi connectivity index (χ3n) is 4.68. The van der Waals surface area contributed by atoms with Crippen LogP contribution < -0.4 is 5.32 Å². The first kappa shape index (κ1) is 15.8. The molecule has 2 heterocycles. The molecule has 0 unspecified atom stereocenters. The molecule has 5 nitrogen and oxygen atoms in total. The Bertz CT molecular complexity index is 652. The molecule has 23 heavy (non-hydrogen) atoms. The van der Waals surface area contributed by atoms with Gasteiger partial charge in [-0.1, -0.05) is 19.1 Å². The van der Waals surface area contributed by atoms with Gasteiger partial charge in [-0.05, 0) is 37.3 Å². The summed E-state index contributed by atoms with van der Waals surface area (Å²) in [5, 5.41) is 3.51. The van der Waals surface area contributed by atoms with E-state index >= 15 is 0 Å². The summed E-state index contributed by atoms with van der Waals surface area (Å²) in [6.45, 7) is 6.48. The molecule has 1 aliphatic rings. The smallest absolute Gasteiger partial charge is 0.193 e. The summed E-state index contributed by atoms with van der Waals surface area (Å²) in [5.41, 5.74) is 2.28. The molecular weight excluding hydrogens is 286 g/mol. The number of guanidine groups is 1. The van der Waals surface area contributed by atoms with Crippen molar-refractivity contribution in [2.24, 2.45) is 10.9 Å². The Morgan fingerprint density at radius 3 is 2.87 bits per heavy atom. The molecule has 0 saturated carbocycles. The molecule has 1 aromatic heterocycles. The minimum Gasteiger partial charge on any atom is -0.356 e. The van der Waals surface area contributed by atoms with Gasteiger partial charge in [0.2, 0.25) is 0 Å². The Morgan fingerprint density at radius 1 is 1.30 bits per heavy atom. The molecule has 1 aromatic carbocycles. The molecule has 0 spiro atoms. The molecule has 1 fully saturated rings. The number of aromatic nitrogens is 2. The number of nitrogens with one attached hydrogen (secondary N) is 1. The molecule has 2 aromatic rings. The fraction of sp³-hybridized carbons (Fsp3) is 0.556. The maximum absolute atomic E-state index is 4.44. The van der Waals surface area contributed by atoms with Crippen molar-refractivity contribution >= 4 is 17.0 Å². The summed E-state index contributed by atoms with van der Waals surface area (Å²) >= 11 is 0. The second-order valence-corrected chi connectivity index (χ2v) is 6.42. The minimum absolute atomic E-state index is 0.846. The number of aliphatic imine (C=N–C) groups is 1. The number of para-hydroxylation sites is 2. The average molecular weight is 313 g/mol. The zero-order chi connectivity index (χ0) is 16.1. The lowest BCUT2D eigenvalue weighted by atomic mass is 10.00. The van der Waals surface area contributed by atoms with Crippen LogP contribution >= 0.6 is 0 Å². The SMILES string of the molecule is CN=C(NCCCn1cnc2ccccc21)N1CCC(C)CC1. The fourth-order valence-corrected chi connectivity index (χ4v) is 3.19. The van der Waals surface area contributed by atoms with Crippen molar-refractivity contribution in [1.82, 2.24) is 19.8 Å². The van der Waals surface area contributed by atoms with Crippen LogP contribution in [0.15, 0.2) is 35.6 Å². The van der Waals surface area contributed by atoms with E-state index < -0.39 is 0 Å². The topological polar surface area (TPSA) is 45.5 Å². The summed E-state index contributed by atoms with van der Waals surface area (Å²) in [4.78, 5) is 11.3. The Labute approximate surface area is 138 Å². The number of hydrogen-bond acceptors (Lipinski definition) is 2. The Hall–Kier alpha value is -2.04. The molecule has 3 rings (SSSR count). The first-order valence-corrected chi connectivity index (χ1v) is 8.63. The van der Waals surface area contributed by atoms with Crippen LogP contribution in [0.3, 0.4) is 0 Å². The van der Waals surface area contributed by atoms with Gasteiger partial charge in [-0.25, -0.2) is 4.98 Å². The van der Waals surface area contributed by atoms with Crippen molar-refractivity contribution < 1.29 is 0 Å². The maximum atomic E-state index is 4.44. The zero-order valence-electron chi connectivity index (χ0n) is 14.2. The number of aryl methyl sites for hydroxylation is 1. The van der Waals surface area contributed by atoms with Crippen LogP contribution in [-0.4, -0.2) is 47.1 Å². The van der Waals surface area contributed by atoms with Crippen molar-refractivity contribution in [2.45, 2.75) is 32.7 Å². The van der Waals surface area contributed by atoms with Crippen molar-refractivity contribution in [1.29, 1.82) is 0 Å². The highest BCUT2D eigenvalue weighted by Crippen LogP contribution is 2.16. The van der Waals surface area contributed by atoms with Gasteiger partial charge in [0.05, 0.1) is 17.4 Å². The minimum atomic E-state index is 0.846. The summed E-state index contributed by atoms with van der Waals surface area (Å²) in [6.07, 6.45) is 5.53. The van der Waals surface area contributed by atoms with Gasteiger partial charge in [0.1, 0.15) is 0 Å². The number of imidazole rings is 1. The van der Waals surface area contributed by atoms with Crippen LogP contribution in [0.5, 0.6) is 0 Å². The van der Waals surface area contributed by atoms with E-state index in [0.717, 1.165) is 50.0 Å². The lowest BCUT2D eigenvalue weighted by molar-refractivity contribution is 0.273. The van der Waals surface area contributed by atoms with Gasteiger partial charge >= 0.3 is 0 Å². The summed E-state index contributed by atoms with van der Waals surface area (Å²) in [7, 11) is 1.88. The summed E-state index contributed by atoms with van der Waals surface area (Å²) in [6, 6.07) is 8.29. The number of likely N-dealkylation sites (tertiary alicyclic amines) is 1. The van der Waals surface area contributed by atoms with E-state index in [1.165, 1.54) is 18.4 Å². The van der Waals surface area contributed by atoms with Crippen LogP contribution in [0, 0.1) is 5.92 Å². The second kappa shape index (κ2) is 7.49. The van der Waals surface area contributed by atoms with Crippen molar-refractivity contribution in [3.63, 3.8) is 0 Å². The monoisotopic (exact) mass is 313 g/mol. The van der Waals surface area contributed by atoms with E-state index in [-0.39, 0.29) is 0 Å². The molecule has 1 N–H and O–H groups in total. The van der Waals surface area contributed by atoms with Crippen LogP contribution in [0.4, 0.5) is 0 Å². The fourth-order valence-electron chi connectivity index (χ4n) is 3.19. The first-order chi connectivity index (χ1) is 11.3. The van der Waals surface area contributed by atoms with Crippen molar-refractivity contribution in [2.75, 3.05) is 26.7 Å². The number of fused-ring (bicyclic) bond motifs is 1. The highest BCUT2D eigenvalue weighted by atomic mass is 15.3. The third kappa shape index (κ3) is 3.84. The number of rotatable bonds is 4. The van der Waals surface area contributed by atoms with E-state index in [9.17, 15) is 0 Å². The van der Waals surface area contributed by atoms with Crippen molar-refractivity contribution in [3.05, 3.63) is 30.6 Å². The van der Waals surface area contributed by atoms with Gasteiger partial charge in [0.15, 0.2) is 5.96 Å². The Kier molecular flexibility index (Phi) is 5.16. The molecule has 124 valence electrons. The molecule has 0 amide bonds. The summed E-state index contributed by atoms with van der Waals surface area (Å²) in [5.74, 6) is 1.89. The molecule has 5 heteroatoms. The Morgan fingerprint density at radius 2 is 2.09 bits per heavy atom. The van der Waals surface area contributed by atoms with Crippen molar-refractivity contribution in [3.8, 4) is 0 Å². The first-order valence-electron chi connectivity index (χ1n) is 8.63. The van der Waals surface area contributed by atoms with Gasteiger partial charge < -0.3 is 14.8 Å². The lowest BCUT2D eigenvalue weighted by Crippen LogP contribution is -2.45. The standard InChI is InChI=1S/C18H27N5/c1-15-8-12-22(13-9-15)18(19-2)20-10-5-11-23-14-21-16-6-3-4-7-17(16)23/h3-4,6-7,14-15H,5,8-13H2,1-2H3,(H,19,20). The number of nitrogens with zero attached hydrogens (tertiary/aromatic N) is 4. The van der Waals surface area contributed by atoms with Crippen LogP contribution in [-0.2, 0) is 6.54 Å². The molecule has 1 saturated heterocycles. The largest absolute Gasteiger partial charge is 0.356 e. The number of piperidine rings is 1. The van der Waals surface area contributed by atoms with Gasteiger partial charge in [0.25, 0.3) is 0 Å². The van der Waals surface area contributed by atoms with Gasteiger partial charge in [0, 0.05) is 33.2 Å². The molecule has 0 radical (unpaired) electrons. The molecular formula is C18H27N5. The second-order valence-electron chi connectivity index (χ2n) is 6.42. The van der Waals surface area contributed by atoms with Crippen LogP contribution in [0.1, 0.15) is 26.2 Å². The van der Waals surface area contributed by atoms with Gasteiger partial charge in [-0.3, -0.25) is 4.99 Å². The van der Waals surface area contributed by atoms with E-state index in [2.05, 4.69) is 49.9 Å². The highest BCUT2D eigenvalue weighted by Gasteiger charge is 2.18. The number of benzene rings is 1. The lowest BCUT2D eigenvalue weighted by Gasteiger charge is -2.32. The predicted molar refractivity (Wildman–Crippen MR) is 95.7 cm³/mol. The maximum Gasteiger partial charge on any atom is 0.193 e. The third-order valence-corrected chi connectivity index (χ3v) is 4.68. The molecule has 0 aliphatic carbocycles. The van der Waals surface area contributed by atoms with E-state index in [1.54, 1.807) is 0 Å². The highest BCUT2D eigenvalue weighted by molar-refractivity contribution is 5.80. The average Bonchev–Trinajstić information content (AvgIpc) is 2.99. The van der Waals surface area contributed by atoms with E-state index in [1.807, 2.05) is 19.4 Å². The van der Waals surface area contributed by atoms with Crippen LogP contribution in [0.2, 0.25) is 0 Å². The predicted octanol–water partition coefficient (Wildman–Crippen LogP) is 2.73. The van der Waals surface area contributed by atoms with E-state index in [4.69, 9.17) is 0 Å². The van der Waals surface area contributed by atoms with Crippen LogP contribution in [0.25, 0.3) is 11.0 Å². The molecule has 1 aliphatic heterocycles. The normalized spacial score (nSPS) is 17.0. The van der Waals surface area contributed by atoms with Gasteiger partial charge in [-0.2, -0.15) is 0 Å². The quantitative estimate of drug-likeness (QED) is 0.536. The van der Waals surface area contributed by atoms with Gasteiger partial charge in [-0.15, -0.1) is 0 Å². The molecule has 0 bridgehead atoms.